The molecule has 2 rings (SSSR count). The third-order valence-electron chi connectivity index (χ3n) is 2.88. The van der Waals surface area contributed by atoms with Gasteiger partial charge in [0.25, 0.3) is 0 Å². The van der Waals surface area contributed by atoms with Gasteiger partial charge in [0.1, 0.15) is 11.6 Å². The Morgan fingerprint density at radius 2 is 2.00 bits per heavy atom. The van der Waals surface area contributed by atoms with E-state index in [0.717, 1.165) is 10.7 Å². The molecule has 0 spiro atoms. The van der Waals surface area contributed by atoms with Gasteiger partial charge in [-0.25, -0.2) is 13.8 Å². The number of halogens is 2. The van der Waals surface area contributed by atoms with Crippen LogP contribution in [-0.2, 0) is 6.42 Å². The van der Waals surface area contributed by atoms with Crippen molar-refractivity contribution in [2.75, 3.05) is 6.54 Å². The third kappa shape index (κ3) is 3.36. The monoisotopic (exact) mass is 282 g/mol. The van der Waals surface area contributed by atoms with E-state index < -0.39 is 17.7 Å². The van der Waals surface area contributed by atoms with Crippen LogP contribution in [0.4, 0.5) is 8.78 Å². The van der Waals surface area contributed by atoms with Crippen LogP contribution < -0.4 is 5.32 Å². The molecule has 0 aliphatic carbocycles. The Bertz CT molecular complexity index is 534. The number of benzene rings is 1. The molecule has 1 N–H and O–H groups in total. The van der Waals surface area contributed by atoms with Crippen molar-refractivity contribution in [3.8, 4) is 0 Å². The molecule has 102 valence electrons. The van der Waals surface area contributed by atoms with E-state index in [1.807, 2.05) is 19.2 Å². The zero-order valence-corrected chi connectivity index (χ0v) is 11.7. The number of nitrogens with zero attached hydrogens (tertiary/aromatic N) is 1. The van der Waals surface area contributed by atoms with E-state index in [-0.39, 0.29) is 5.56 Å². The fourth-order valence-electron chi connectivity index (χ4n) is 2.08. The summed E-state index contributed by atoms with van der Waals surface area (Å²) >= 11 is 1.54. The number of nitrogens with one attached hydrogen (secondary N) is 1. The minimum Gasteiger partial charge on any atom is -0.310 e. The number of hydrogen-bond donors (Lipinski definition) is 1. The van der Waals surface area contributed by atoms with Crippen LogP contribution in [0.3, 0.4) is 0 Å². The maximum atomic E-state index is 13.8. The summed E-state index contributed by atoms with van der Waals surface area (Å²) in [7, 11) is 0. The first kappa shape index (κ1) is 14.1. The van der Waals surface area contributed by atoms with Crippen molar-refractivity contribution in [2.24, 2.45) is 0 Å². The molecule has 19 heavy (non-hydrogen) atoms. The molecule has 0 saturated carbocycles. The van der Waals surface area contributed by atoms with Crippen LogP contribution in [0.25, 0.3) is 0 Å². The fourth-order valence-corrected chi connectivity index (χ4v) is 2.70. The van der Waals surface area contributed by atoms with E-state index in [2.05, 4.69) is 10.3 Å². The van der Waals surface area contributed by atoms with Gasteiger partial charge in [-0.2, -0.15) is 0 Å². The number of rotatable bonds is 5. The Balaban J connectivity index is 2.29. The molecule has 1 aromatic heterocycles. The maximum Gasteiger partial charge on any atom is 0.130 e. The minimum absolute atomic E-state index is 0.0926. The van der Waals surface area contributed by atoms with Crippen LogP contribution in [0.5, 0.6) is 0 Å². The molecule has 0 amide bonds. The van der Waals surface area contributed by atoms with Gasteiger partial charge in [0, 0.05) is 23.4 Å². The Kier molecular flexibility index (Phi) is 4.61. The van der Waals surface area contributed by atoms with Gasteiger partial charge in [0.05, 0.1) is 10.7 Å². The first-order valence-corrected chi connectivity index (χ1v) is 7.08. The second-order valence-electron chi connectivity index (χ2n) is 4.31. The lowest BCUT2D eigenvalue weighted by Crippen LogP contribution is -2.25. The molecule has 1 aromatic carbocycles. The molecule has 0 fully saturated rings. The van der Waals surface area contributed by atoms with E-state index in [0.29, 0.717) is 13.0 Å². The predicted octanol–water partition coefficient (Wildman–Crippen LogP) is 3.62. The lowest BCUT2D eigenvalue weighted by atomic mass is 10.0. The number of hydrogen-bond acceptors (Lipinski definition) is 3. The second kappa shape index (κ2) is 6.21. The highest BCUT2D eigenvalue weighted by atomic mass is 32.1. The van der Waals surface area contributed by atoms with Gasteiger partial charge in [-0.15, -0.1) is 11.3 Å². The summed E-state index contributed by atoms with van der Waals surface area (Å²) in [6.07, 6.45) is 0.482. The SMILES string of the molecule is CCNC(Cc1csc(C)n1)c1c(F)cccc1F. The third-order valence-corrected chi connectivity index (χ3v) is 3.70. The van der Waals surface area contributed by atoms with Crippen LogP contribution in [0.15, 0.2) is 23.6 Å². The standard InChI is InChI=1S/C14H16F2N2S/c1-3-17-13(7-10-8-19-9(2)18-10)14-11(15)5-4-6-12(14)16/h4-6,8,13,17H,3,7H2,1-2H3. The summed E-state index contributed by atoms with van der Waals surface area (Å²) in [5.74, 6) is -1.03. The molecular weight excluding hydrogens is 266 g/mol. The highest BCUT2D eigenvalue weighted by molar-refractivity contribution is 7.09. The van der Waals surface area contributed by atoms with Gasteiger partial charge in [0.2, 0.25) is 0 Å². The molecule has 2 aromatic rings. The summed E-state index contributed by atoms with van der Waals surface area (Å²) in [5.41, 5.74) is 0.950. The zero-order valence-electron chi connectivity index (χ0n) is 10.9. The molecule has 0 bridgehead atoms. The van der Waals surface area contributed by atoms with Crippen LogP contribution in [0, 0.1) is 18.6 Å². The van der Waals surface area contributed by atoms with Gasteiger partial charge in [-0.3, -0.25) is 0 Å². The van der Waals surface area contributed by atoms with Crippen molar-refractivity contribution in [1.29, 1.82) is 0 Å². The van der Waals surface area contributed by atoms with E-state index in [1.54, 1.807) is 11.3 Å². The highest BCUT2D eigenvalue weighted by Gasteiger charge is 2.20. The lowest BCUT2D eigenvalue weighted by molar-refractivity contribution is 0.471. The van der Waals surface area contributed by atoms with Crippen molar-refractivity contribution in [3.05, 3.63) is 51.5 Å². The number of likely N-dealkylation sites (N-methyl/N-ethyl adjacent to an activating group) is 1. The molecule has 1 heterocycles. The van der Waals surface area contributed by atoms with Crippen LogP contribution in [-0.4, -0.2) is 11.5 Å². The summed E-state index contributed by atoms with van der Waals surface area (Å²) in [4.78, 5) is 4.35. The average molecular weight is 282 g/mol. The number of aryl methyl sites for hydroxylation is 1. The van der Waals surface area contributed by atoms with Crippen molar-refractivity contribution in [3.63, 3.8) is 0 Å². The molecular formula is C14H16F2N2S. The Morgan fingerprint density at radius 1 is 1.32 bits per heavy atom. The Labute approximate surface area is 115 Å². The highest BCUT2D eigenvalue weighted by Crippen LogP contribution is 2.24. The minimum atomic E-state index is -0.516. The van der Waals surface area contributed by atoms with Crippen molar-refractivity contribution < 1.29 is 8.78 Å². The van der Waals surface area contributed by atoms with E-state index in [9.17, 15) is 8.78 Å². The van der Waals surface area contributed by atoms with Crippen molar-refractivity contribution >= 4 is 11.3 Å². The van der Waals surface area contributed by atoms with Crippen LogP contribution in [0.2, 0.25) is 0 Å². The fraction of sp³-hybridized carbons (Fsp3) is 0.357. The molecule has 1 unspecified atom stereocenters. The largest absolute Gasteiger partial charge is 0.310 e. The van der Waals surface area contributed by atoms with Crippen LogP contribution >= 0.6 is 11.3 Å². The zero-order chi connectivity index (χ0) is 13.8. The molecule has 0 aliphatic heterocycles. The van der Waals surface area contributed by atoms with E-state index in [1.165, 1.54) is 18.2 Å². The van der Waals surface area contributed by atoms with E-state index in [4.69, 9.17) is 0 Å². The Morgan fingerprint density at radius 3 is 2.53 bits per heavy atom. The first-order chi connectivity index (χ1) is 9.11. The molecule has 0 radical (unpaired) electrons. The Hall–Kier alpha value is -1.33. The van der Waals surface area contributed by atoms with Gasteiger partial charge in [-0.1, -0.05) is 13.0 Å². The molecule has 5 heteroatoms. The molecule has 1 atom stereocenters. The van der Waals surface area contributed by atoms with Gasteiger partial charge in [-0.05, 0) is 25.6 Å². The van der Waals surface area contributed by atoms with E-state index >= 15 is 0 Å². The number of aromatic nitrogens is 1. The van der Waals surface area contributed by atoms with Gasteiger partial charge >= 0.3 is 0 Å². The van der Waals surface area contributed by atoms with Gasteiger partial charge in [0.15, 0.2) is 0 Å². The van der Waals surface area contributed by atoms with Gasteiger partial charge < -0.3 is 5.32 Å². The first-order valence-electron chi connectivity index (χ1n) is 6.20. The summed E-state index contributed by atoms with van der Waals surface area (Å²) in [6.45, 7) is 4.47. The summed E-state index contributed by atoms with van der Waals surface area (Å²) in [5, 5.41) is 6.01. The predicted molar refractivity (Wildman–Crippen MR) is 73.3 cm³/mol. The topological polar surface area (TPSA) is 24.9 Å². The lowest BCUT2D eigenvalue weighted by Gasteiger charge is -2.18. The molecule has 2 nitrogen and oxygen atoms in total. The molecule has 0 aliphatic rings. The molecule has 0 saturated heterocycles. The smallest absolute Gasteiger partial charge is 0.130 e. The summed E-state index contributed by atoms with van der Waals surface area (Å²) < 4.78 is 27.7. The number of thiazole rings is 1. The average Bonchev–Trinajstić information content (AvgIpc) is 2.75. The maximum absolute atomic E-state index is 13.8. The quantitative estimate of drug-likeness (QED) is 0.906. The normalized spacial score (nSPS) is 12.6. The summed E-state index contributed by atoms with van der Waals surface area (Å²) in [6, 6.07) is 3.56. The van der Waals surface area contributed by atoms with Crippen molar-refractivity contribution in [2.45, 2.75) is 26.3 Å². The van der Waals surface area contributed by atoms with Crippen LogP contribution in [0.1, 0.15) is 29.2 Å². The van der Waals surface area contributed by atoms with Crippen molar-refractivity contribution in [1.82, 2.24) is 10.3 Å². The second-order valence-corrected chi connectivity index (χ2v) is 5.37.